The van der Waals surface area contributed by atoms with Crippen LogP contribution in [0.2, 0.25) is 0 Å². The predicted octanol–water partition coefficient (Wildman–Crippen LogP) is 3.30. The highest BCUT2D eigenvalue weighted by molar-refractivity contribution is 7.47. The summed E-state index contributed by atoms with van der Waals surface area (Å²) in [6.45, 7) is 2.48. The molecule has 0 fully saturated rings. The van der Waals surface area contributed by atoms with Crippen molar-refractivity contribution < 1.29 is 28.3 Å². The van der Waals surface area contributed by atoms with Crippen molar-refractivity contribution in [3.05, 3.63) is 42.5 Å². The maximum atomic E-state index is 11.6. The van der Waals surface area contributed by atoms with Crippen LogP contribution in [-0.2, 0) is 18.5 Å². The van der Waals surface area contributed by atoms with E-state index < -0.39 is 7.82 Å². The molecule has 0 heterocycles. The minimum Gasteiger partial charge on any atom is -0.379 e. The van der Waals surface area contributed by atoms with E-state index in [4.69, 9.17) is 14.1 Å². The first-order valence-corrected chi connectivity index (χ1v) is 8.01. The van der Waals surface area contributed by atoms with Gasteiger partial charge in [0.05, 0.1) is 13.2 Å². The molecule has 0 saturated carbocycles. The van der Waals surface area contributed by atoms with Crippen LogP contribution in [-0.4, -0.2) is 24.7 Å². The normalized spacial score (nSPS) is 14.0. The fourth-order valence-corrected chi connectivity index (χ4v) is 2.26. The lowest BCUT2D eigenvalue weighted by atomic mass is 10.1. The van der Waals surface area contributed by atoms with Gasteiger partial charge in [0.1, 0.15) is 0 Å². The number of phosphoric acid groups is 1. The topological polar surface area (TPSA) is 74.2 Å². The van der Waals surface area contributed by atoms with Gasteiger partial charge in [0, 0.05) is 12.0 Å². The summed E-state index contributed by atoms with van der Waals surface area (Å²) in [6.07, 6.45) is 0. The summed E-state index contributed by atoms with van der Waals surface area (Å²) < 4.78 is 25.9. The minimum atomic E-state index is -4.28. The number of hydrogen-bond acceptors (Lipinski definition) is 5. The van der Waals surface area contributed by atoms with Gasteiger partial charge in [-0.2, -0.15) is 0 Å². The van der Waals surface area contributed by atoms with Crippen LogP contribution in [0.3, 0.4) is 0 Å². The summed E-state index contributed by atoms with van der Waals surface area (Å²) in [7, 11) is -4.28. The zero-order chi connectivity index (χ0) is 15.1. The van der Waals surface area contributed by atoms with E-state index in [0.717, 1.165) is 10.8 Å². The Labute approximate surface area is 122 Å². The maximum Gasteiger partial charge on any atom is 0.508 e. The average molecular weight is 312 g/mol. The molecular weight excluding hydrogens is 295 g/mol. The summed E-state index contributed by atoms with van der Waals surface area (Å²) in [5.41, 5.74) is 0. The molecule has 0 aliphatic rings. The van der Waals surface area contributed by atoms with E-state index in [1.54, 1.807) is 12.1 Å². The second-order valence-corrected chi connectivity index (χ2v) is 5.48. The number of fused-ring (bicyclic) bond motifs is 1. The lowest BCUT2D eigenvalue weighted by Crippen LogP contribution is -2.05. The minimum absolute atomic E-state index is 0.0550. The first-order valence-electron chi connectivity index (χ1n) is 6.51. The molecular formula is C14H17O6P. The first-order chi connectivity index (χ1) is 10.1. The van der Waals surface area contributed by atoms with Gasteiger partial charge >= 0.3 is 7.82 Å². The molecule has 114 valence electrons. The van der Waals surface area contributed by atoms with Crippen LogP contribution in [0.15, 0.2) is 42.5 Å². The SMILES string of the molecule is CCOCCOP(=O)(O)OOc1cccc2ccccc12. The predicted molar refractivity (Wildman–Crippen MR) is 77.9 cm³/mol. The molecule has 2 aromatic carbocycles. The summed E-state index contributed by atoms with van der Waals surface area (Å²) in [5, 5.41) is 1.71. The molecule has 0 spiro atoms. The largest absolute Gasteiger partial charge is 0.508 e. The van der Waals surface area contributed by atoms with E-state index >= 15 is 0 Å². The van der Waals surface area contributed by atoms with Crippen molar-refractivity contribution in [3.63, 3.8) is 0 Å². The van der Waals surface area contributed by atoms with Crippen LogP contribution in [0.25, 0.3) is 10.8 Å². The standard InChI is InChI=1S/C14H17O6P/c1-2-17-10-11-18-21(15,16)20-19-14-9-5-7-12-6-3-4-8-13(12)14/h3-9H,2,10-11H2,1H3,(H,15,16). The summed E-state index contributed by atoms with van der Waals surface area (Å²) in [5.74, 6) is 0.343. The van der Waals surface area contributed by atoms with Crippen LogP contribution in [0, 0.1) is 0 Å². The summed E-state index contributed by atoms with van der Waals surface area (Å²) in [4.78, 5) is 14.4. The summed E-state index contributed by atoms with van der Waals surface area (Å²) in [6, 6.07) is 12.8. The summed E-state index contributed by atoms with van der Waals surface area (Å²) >= 11 is 0. The van der Waals surface area contributed by atoms with E-state index in [0.29, 0.717) is 12.4 Å². The molecule has 0 saturated heterocycles. The molecule has 21 heavy (non-hydrogen) atoms. The van der Waals surface area contributed by atoms with Crippen LogP contribution >= 0.6 is 7.82 Å². The van der Waals surface area contributed by atoms with Gasteiger partial charge in [-0.1, -0.05) is 41.1 Å². The molecule has 1 N–H and O–H groups in total. The molecule has 0 bridgehead atoms. The Hall–Kier alpha value is -1.43. The van der Waals surface area contributed by atoms with Crippen molar-refractivity contribution >= 4 is 18.6 Å². The highest BCUT2D eigenvalue weighted by atomic mass is 31.2. The maximum absolute atomic E-state index is 11.6. The van der Waals surface area contributed by atoms with Gasteiger partial charge in [-0.15, -0.1) is 0 Å². The van der Waals surface area contributed by atoms with Crippen molar-refractivity contribution in [2.45, 2.75) is 6.92 Å². The molecule has 2 rings (SSSR count). The van der Waals surface area contributed by atoms with Crippen molar-refractivity contribution in [1.82, 2.24) is 0 Å². The zero-order valence-corrected chi connectivity index (χ0v) is 12.5. The van der Waals surface area contributed by atoms with Gasteiger partial charge < -0.3 is 14.5 Å². The number of benzene rings is 2. The molecule has 1 unspecified atom stereocenters. The number of phosphoric ester groups is 1. The van der Waals surface area contributed by atoms with Gasteiger partial charge in [0.25, 0.3) is 0 Å². The van der Waals surface area contributed by atoms with E-state index in [1.807, 2.05) is 37.3 Å². The van der Waals surface area contributed by atoms with E-state index in [1.165, 1.54) is 0 Å². The van der Waals surface area contributed by atoms with E-state index in [9.17, 15) is 9.46 Å². The van der Waals surface area contributed by atoms with Crippen LogP contribution in [0.5, 0.6) is 5.75 Å². The third-order valence-electron chi connectivity index (χ3n) is 2.66. The highest BCUT2D eigenvalue weighted by Crippen LogP contribution is 2.44. The van der Waals surface area contributed by atoms with Gasteiger partial charge in [0.2, 0.25) is 0 Å². The molecule has 0 amide bonds. The Balaban J connectivity index is 1.96. The molecule has 0 radical (unpaired) electrons. The second kappa shape index (κ2) is 7.54. The molecule has 0 aromatic heterocycles. The highest BCUT2D eigenvalue weighted by Gasteiger charge is 2.23. The monoisotopic (exact) mass is 312 g/mol. The molecule has 1 atom stereocenters. The Kier molecular flexibility index (Phi) is 5.73. The Bertz CT molecular complexity index is 624. The molecule has 7 heteroatoms. The van der Waals surface area contributed by atoms with E-state index in [-0.39, 0.29) is 13.2 Å². The van der Waals surface area contributed by atoms with Crippen molar-refractivity contribution in [1.29, 1.82) is 0 Å². The fraction of sp³-hybridized carbons (Fsp3) is 0.286. The molecule has 6 nitrogen and oxygen atoms in total. The van der Waals surface area contributed by atoms with E-state index in [2.05, 4.69) is 4.67 Å². The molecule has 2 aromatic rings. The third kappa shape index (κ3) is 4.81. The lowest BCUT2D eigenvalue weighted by molar-refractivity contribution is -0.127. The Morgan fingerprint density at radius 3 is 2.67 bits per heavy atom. The van der Waals surface area contributed by atoms with Crippen molar-refractivity contribution in [2.75, 3.05) is 19.8 Å². The van der Waals surface area contributed by atoms with Crippen molar-refractivity contribution in [2.24, 2.45) is 0 Å². The second-order valence-electron chi connectivity index (χ2n) is 4.13. The fourth-order valence-electron chi connectivity index (χ4n) is 1.73. The van der Waals surface area contributed by atoms with Gasteiger partial charge in [0.15, 0.2) is 5.75 Å². The average Bonchev–Trinajstić information content (AvgIpc) is 2.50. The van der Waals surface area contributed by atoms with Gasteiger partial charge in [-0.05, 0) is 18.4 Å². The number of ether oxygens (including phenoxy) is 1. The Morgan fingerprint density at radius 1 is 1.10 bits per heavy atom. The van der Waals surface area contributed by atoms with Crippen LogP contribution < -0.4 is 4.89 Å². The van der Waals surface area contributed by atoms with Crippen molar-refractivity contribution in [3.8, 4) is 5.75 Å². The van der Waals surface area contributed by atoms with Gasteiger partial charge in [-0.3, -0.25) is 4.52 Å². The smallest absolute Gasteiger partial charge is 0.379 e. The number of hydrogen-bond donors (Lipinski definition) is 1. The third-order valence-corrected chi connectivity index (χ3v) is 3.43. The van der Waals surface area contributed by atoms with Crippen LogP contribution in [0.4, 0.5) is 0 Å². The first kappa shape index (κ1) is 15.9. The number of rotatable bonds is 8. The quantitative estimate of drug-likeness (QED) is 0.349. The Morgan fingerprint density at radius 2 is 1.86 bits per heavy atom. The van der Waals surface area contributed by atoms with Gasteiger partial charge in [-0.25, -0.2) is 4.57 Å². The lowest BCUT2D eigenvalue weighted by Gasteiger charge is -2.12. The molecule has 0 aliphatic carbocycles. The van der Waals surface area contributed by atoms with Crippen LogP contribution in [0.1, 0.15) is 6.92 Å². The molecule has 0 aliphatic heterocycles. The zero-order valence-electron chi connectivity index (χ0n) is 11.6.